The maximum atomic E-state index is 3.70. The van der Waals surface area contributed by atoms with Crippen LogP contribution in [0.1, 0.15) is 52.4 Å². The van der Waals surface area contributed by atoms with E-state index in [9.17, 15) is 0 Å². The van der Waals surface area contributed by atoms with Crippen LogP contribution in [0.3, 0.4) is 0 Å². The highest BCUT2D eigenvalue weighted by Gasteiger charge is 2.45. The van der Waals surface area contributed by atoms with Crippen molar-refractivity contribution in [1.29, 1.82) is 0 Å². The lowest BCUT2D eigenvalue weighted by Crippen LogP contribution is -2.54. The molecule has 3 aliphatic rings. The van der Waals surface area contributed by atoms with E-state index in [2.05, 4.69) is 19.2 Å². The second-order valence-electron chi connectivity index (χ2n) is 5.12. The molecule has 3 fully saturated rings. The van der Waals surface area contributed by atoms with Crippen molar-refractivity contribution in [2.24, 2.45) is 5.41 Å². The van der Waals surface area contributed by atoms with Gasteiger partial charge in [-0.3, -0.25) is 0 Å². The third-order valence-electron chi connectivity index (χ3n) is 4.17. The lowest BCUT2D eigenvalue weighted by molar-refractivity contribution is 0.0383. The van der Waals surface area contributed by atoms with E-state index in [-0.39, 0.29) is 0 Å². The Labute approximate surface area is 75.9 Å². The molecule has 0 heterocycles. The Morgan fingerprint density at radius 1 is 1.00 bits per heavy atom. The van der Waals surface area contributed by atoms with E-state index in [1.54, 1.807) is 0 Å². The van der Waals surface area contributed by atoms with Gasteiger partial charge < -0.3 is 5.32 Å². The van der Waals surface area contributed by atoms with Crippen LogP contribution in [0, 0.1) is 5.41 Å². The van der Waals surface area contributed by atoms with Gasteiger partial charge in [-0.2, -0.15) is 0 Å². The second-order valence-corrected chi connectivity index (χ2v) is 5.12. The Kier molecular flexibility index (Phi) is 1.95. The van der Waals surface area contributed by atoms with Crippen molar-refractivity contribution in [3.05, 3.63) is 0 Å². The van der Waals surface area contributed by atoms with E-state index in [0.717, 1.165) is 12.0 Å². The van der Waals surface area contributed by atoms with Crippen LogP contribution < -0.4 is 5.32 Å². The molecular weight excluding hydrogens is 146 g/mol. The minimum atomic E-state index is 0.562. The monoisotopic (exact) mass is 167 g/mol. The van der Waals surface area contributed by atoms with Crippen molar-refractivity contribution in [2.45, 2.75) is 57.9 Å². The van der Waals surface area contributed by atoms with E-state index in [1.807, 2.05) is 0 Å². The summed E-state index contributed by atoms with van der Waals surface area (Å²) in [7, 11) is 0. The van der Waals surface area contributed by atoms with E-state index in [1.165, 1.54) is 38.5 Å². The Bertz CT molecular complexity index is 149. The Morgan fingerprint density at radius 2 is 1.50 bits per heavy atom. The van der Waals surface area contributed by atoms with Gasteiger partial charge in [0.25, 0.3) is 0 Å². The quantitative estimate of drug-likeness (QED) is 0.667. The van der Waals surface area contributed by atoms with E-state index in [4.69, 9.17) is 0 Å². The molecule has 0 unspecified atom stereocenters. The number of nitrogens with one attached hydrogen (secondary N) is 1. The van der Waals surface area contributed by atoms with Gasteiger partial charge in [-0.15, -0.1) is 0 Å². The third kappa shape index (κ3) is 1.28. The van der Waals surface area contributed by atoms with Gasteiger partial charge in [-0.1, -0.05) is 13.8 Å². The molecule has 3 aliphatic carbocycles. The normalized spacial score (nSPS) is 46.5. The molecule has 0 aromatic heterocycles. The van der Waals surface area contributed by atoms with Crippen molar-refractivity contribution >= 4 is 0 Å². The molecule has 0 atom stereocenters. The van der Waals surface area contributed by atoms with Gasteiger partial charge in [-0.25, -0.2) is 0 Å². The summed E-state index contributed by atoms with van der Waals surface area (Å²) < 4.78 is 0. The summed E-state index contributed by atoms with van der Waals surface area (Å²) in [6.45, 7) is 5.86. The van der Waals surface area contributed by atoms with Gasteiger partial charge in [0.15, 0.2) is 0 Å². The highest BCUT2D eigenvalue weighted by atomic mass is 15.0. The Morgan fingerprint density at radius 3 is 1.92 bits per heavy atom. The molecule has 0 amide bonds. The number of rotatable bonds is 2. The van der Waals surface area contributed by atoms with Crippen molar-refractivity contribution in [3.8, 4) is 0 Å². The SMILES string of the molecule is CCNC12CCC(C)(CC1)CC2. The third-order valence-corrected chi connectivity index (χ3v) is 4.17. The minimum absolute atomic E-state index is 0.562. The summed E-state index contributed by atoms with van der Waals surface area (Å²) in [5.74, 6) is 0. The van der Waals surface area contributed by atoms with Crippen LogP contribution in [0.15, 0.2) is 0 Å². The smallest absolute Gasteiger partial charge is 0.0182 e. The van der Waals surface area contributed by atoms with Crippen molar-refractivity contribution in [2.75, 3.05) is 6.54 Å². The molecule has 1 N–H and O–H groups in total. The lowest BCUT2D eigenvalue weighted by Gasteiger charge is -2.52. The van der Waals surface area contributed by atoms with Crippen LogP contribution in [0.25, 0.3) is 0 Å². The fraction of sp³-hybridized carbons (Fsp3) is 1.00. The average Bonchev–Trinajstić information content (AvgIpc) is 2.08. The van der Waals surface area contributed by atoms with Crippen LogP contribution in [-0.4, -0.2) is 12.1 Å². The van der Waals surface area contributed by atoms with E-state index in [0.29, 0.717) is 5.54 Å². The molecular formula is C11H21N. The second kappa shape index (κ2) is 2.73. The average molecular weight is 167 g/mol. The standard InChI is InChI=1S/C11H21N/c1-3-12-11-7-4-10(2,5-8-11)6-9-11/h12H,3-9H2,1-2H3. The first-order chi connectivity index (χ1) is 5.68. The van der Waals surface area contributed by atoms with Gasteiger partial charge in [0, 0.05) is 5.54 Å². The maximum Gasteiger partial charge on any atom is 0.0182 e. The zero-order chi connectivity index (χ0) is 8.66. The molecule has 0 aliphatic heterocycles. The van der Waals surface area contributed by atoms with E-state index >= 15 is 0 Å². The highest BCUT2D eigenvalue weighted by molar-refractivity contribution is 5.02. The molecule has 70 valence electrons. The van der Waals surface area contributed by atoms with E-state index < -0.39 is 0 Å². The number of fused-ring (bicyclic) bond motifs is 3. The van der Waals surface area contributed by atoms with Crippen LogP contribution in [0.4, 0.5) is 0 Å². The summed E-state index contributed by atoms with van der Waals surface area (Å²) in [5, 5.41) is 3.70. The summed E-state index contributed by atoms with van der Waals surface area (Å²) >= 11 is 0. The first-order valence-corrected chi connectivity index (χ1v) is 5.43. The zero-order valence-corrected chi connectivity index (χ0v) is 8.45. The first-order valence-electron chi connectivity index (χ1n) is 5.43. The molecule has 0 aromatic rings. The number of hydrogen-bond acceptors (Lipinski definition) is 1. The molecule has 0 aromatic carbocycles. The zero-order valence-electron chi connectivity index (χ0n) is 8.45. The van der Waals surface area contributed by atoms with Crippen LogP contribution >= 0.6 is 0 Å². The summed E-state index contributed by atoms with van der Waals surface area (Å²) in [5.41, 5.74) is 1.28. The lowest BCUT2D eigenvalue weighted by atomic mass is 9.58. The summed E-state index contributed by atoms with van der Waals surface area (Å²) in [6.07, 6.45) is 8.66. The molecule has 3 rings (SSSR count). The predicted octanol–water partition coefficient (Wildman–Crippen LogP) is 2.71. The van der Waals surface area contributed by atoms with Gasteiger partial charge in [-0.05, 0) is 50.5 Å². The van der Waals surface area contributed by atoms with Crippen LogP contribution in [0.2, 0.25) is 0 Å². The topological polar surface area (TPSA) is 12.0 Å². The van der Waals surface area contributed by atoms with Crippen molar-refractivity contribution in [1.82, 2.24) is 5.32 Å². The fourth-order valence-electron chi connectivity index (χ4n) is 3.01. The van der Waals surface area contributed by atoms with Crippen LogP contribution in [0.5, 0.6) is 0 Å². The molecule has 2 bridgehead atoms. The van der Waals surface area contributed by atoms with Crippen LogP contribution in [-0.2, 0) is 0 Å². The summed E-state index contributed by atoms with van der Waals surface area (Å²) in [4.78, 5) is 0. The number of hydrogen-bond donors (Lipinski definition) is 1. The van der Waals surface area contributed by atoms with Crippen molar-refractivity contribution < 1.29 is 0 Å². The fourth-order valence-corrected chi connectivity index (χ4v) is 3.01. The first kappa shape index (κ1) is 8.55. The van der Waals surface area contributed by atoms with Gasteiger partial charge in [0.1, 0.15) is 0 Å². The molecule has 3 saturated carbocycles. The minimum Gasteiger partial charge on any atom is -0.312 e. The van der Waals surface area contributed by atoms with Crippen molar-refractivity contribution in [3.63, 3.8) is 0 Å². The van der Waals surface area contributed by atoms with Gasteiger partial charge in [0.2, 0.25) is 0 Å². The molecule has 12 heavy (non-hydrogen) atoms. The molecule has 0 spiro atoms. The highest BCUT2D eigenvalue weighted by Crippen LogP contribution is 2.51. The molecule has 0 radical (unpaired) electrons. The molecule has 1 nitrogen and oxygen atoms in total. The maximum absolute atomic E-state index is 3.70. The summed E-state index contributed by atoms with van der Waals surface area (Å²) in [6, 6.07) is 0. The Balaban J connectivity index is 2.04. The van der Waals surface area contributed by atoms with Gasteiger partial charge in [0.05, 0.1) is 0 Å². The predicted molar refractivity (Wildman–Crippen MR) is 52.2 cm³/mol. The largest absolute Gasteiger partial charge is 0.312 e. The molecule has 1 heteroatoms. The van der Waals surface area contributed by atoms with Gasteiger partial charge >= 0.3 is 0 Å². The Hall–Kier alpha value is -0.0400. The molecule has 0 saturated heterocycles.